The van der Waals surface area contributed by atoms with Gasteiger partial charge in [-0.1, -0.05) is 0 Å². The van der Waals surface area contributed by atoms with Gasteiger partial charge in [-0.2, -0.15) is 0 Å². The average molecular weight is 246 g/mol. The van der Waals surface area contributed by atoms with Crippen molar-refractivity contribution in [1.82, 2.24) is 9.97 Å². The summed E-state index contributed by atoms with van der Waals surface area (Å²) < 4.78 is 13.2. The minimum absolute atomic E-state index is 0.295. The Kier molecular flexibility index (Phi) is 3.41. The standard InChI is InChI=1S/C13H15FN4/c1-8-5-13(12(15)6-11(8)14)17-7-10-3-4-16-9(2)18-10/h3-6,17H,7,15H2,1-2H3. The monoisotopic (exact) mass is 246 g/mol. The number of aromatic nitrogens is 2. The van der Waals surface area contributed by atoms with E-state index in [4.69, 9.17) is 5.73 Å². The smallest absolute Gasteiger partial charge is 0.128 e. The first-order valence-electron chi connectivity index (χ1n) is 5.64. The van der Waals surface area contributed by atoms with Gasteiger partial charge in [-0.25, -0.2) is 14.4 Å². The summed E-state index contributed by atoms with van der Waals surface area (Å²) in [6.07, 6.45) is 1.71. The molecule has 4 nitrogen and oxygen atoms in total. The second kappa shape index (κ2) is 5.00. The molecule has 0 saturated carbocycles. The number of rotatable bonds is 3. The van der Waals surface area contributed by atoms with Crippen LogP contribution in [-0.2, 0) is 6.54 Å². The SMILES string of the molecule is Cc1nccc(CNc2cc(C)c(F)cc2N)n1. The van der Waals surface area contributed by atoms with Gasteiger partial charge < -0.3 is 11.1 Å². The van der Waals surface area contributed by atoms with Gasteiger partial charge in [0.2, 0.25) is 0 Å². The highest BCUT2D eigenvalue weighted by molar-refractivity contribution is 5.67. The molecule has 18 heavy (non-hydrogen) atoms. The van der Waals surface area contributed by atoms with Gasteiger partial charge in [0.25, 0.3) is 0 Å². The topological polar surface area (TPSA) is 63.8 Å². The zero-order valence-corrected chi connectivity index (χ0v) is 10.4. The summed E-state index contributed by atoms with van der Waals surface area (Å²) in [7, 11) is 0. The lowest BCUT2D eigenvalue weighted by atomic mass is 10.2. The van der Waals surface area contributed by atoms with Crippen LogP contribution in [0.25, 0.3) is 0 Å². The van der Waals surface area contributed by atoms with Gasteiger partial charge in [0.05, 0.1) is 23.6 Å². The van der Waals surface area contributed by atoms with E-state index >= 15 is 0 Å². The predicted octanol–water partition coefficient (Wildman–Crippen LogP) is 2.43. The summed E-state index contributed by atoms with van der Waals surface area (Å²) in [4.78, 5) is 8.29. The van der Waals surface area contributed by atoms with Crippen LogP contribution in [0.3, 0.4) is 0 Å². The van der Waals surface area contributed by atoms with Crippen molar-refractivity contribution in [3.05, 3.63) is 47.3 Å². The number of nitrogens with zero attached hydrogens (tertiary/aromatic N) is 2. The van der Waals surface area contributed by atoms with Crippen LogP contribution < -0.4 is 11.1 Å². The zero-order valence-electron chi connectivity index (χ0n) is 10.4. The summed E-state index contributed by atoms with van der Waals surface area (Å²) in [5.74, 6) is 0.425. The molecule has 0 spiro atoms. The molecule has 2 rings (SSSR count). The van der Waals surface area contributed by atoms with Crippen molar-refractivity contribution in [2.45, 2.75) is 20.4 Å². The van der Waals surface area contributed by atoms with Crippen LogP contribution in [-0.4, -0.2) is 9.97 Å². The van der Waals surface area contributed by atoms with Crippen LogP contribution in [0.2, 0.25) is 0 Å². The molecule has 2 aromatic rings. The van der Waals surface area contributed by atoms with E-state index in [1.54, 1.807) is 19.2 Å². The first kappa shape index (κ1) is 12.3. The van der Waals surface area contributed by atoms with Crippen molar-refractivity contribution >= 4 is 11.4 Å². The third kappa shape index (κ3) is 2.74. The minimum Gasteiger partial charge on any atom is -0.397 e. The Balaban J connectivity index is 2.13. The normalized spacial score (nSPS) is 10.4. The number of halogens is 1. The molecule has 0 aliphatic carbocycles. The molecular formula is C13H15FN4. The Morgan fingerprint density at radius 1 is 1.33 bits per heavy atom. The van der Waals surface area contributed by atoms with Gasteiger partial charge in [-0.3, -0.25) is 0 Å². The number of anilines is 2. The lowest BCUT2D eigenvalue weighted by molar-refractivity contribution is 0.619. The molecule has 0 bridgehead atoms. The fraction of sp³-hybridized carbons (Fsp3) is 0.231. The highest BCUT2D eigenvalue weighted by atomic mass is 19.1. The Labute approximate surface area is 105 Å². The van der Waals surface area contributed by atoms with Gasteiger partial charge in [0, 0.05) is 6.20 Å². The molecule has 3 N–H and O–H groups in total. The van der Waals surface area contributed by atoms with Gasteiger partial charge in [0.1, 0.15) is 11.6 Å². The maximum absolute atomic E-state index is 13.2. The van der Waals surface area contributed by atoms with Crippen LogP contribution in [0.5, 0.6) is 0 Å². The van der Waals surface area contributed by atoms with E-state index in [9.17, 15) is 4.39 Å². The minimum atomic E-state index is -0.295. The second-order valence-corrected chi connectivity index (χ2v) is 4.14. The first-order chi connectivity index (χ1) is 8.56. The molecule has 0 aliphatic heterocycles. The molecule has 0 aliphatic rings. The van der Waals surface area contributed by atoms with Crippen molar-refractivity contribution in [3.63, 3.8) is 0 Å². The third-order valence-corrected chi connectivity index (χ3v) is 2.62. The highest BCUT2D eigenvalue weighted by Crippen LogP contribution is 2.22. The Bertz CT molecular complexity index is 569. The molecule has 1 aromatic carbocycles. The Morgan fingerprint density at radius 2 is 2.11 bits per heavy atom. The quantitative estimate of drug-likeness (QED) is 0.816. The molecule has 0 saturated heterocycles. The summed E-state index contributed by atoms with van der Waals surface area (Å²) in [5.41, 5.74) is 8.28. The number of aryl methyl sites for hydroxylation is 2. The van der Waals surface area contributed by atoms with Crippen molar-refractivity contribution in [2.24, 2.45) is 0 Å². The van der Waals surface area contributed by atoms with Crippen molar-refractivity contribution in [3.8, 4) is 0 Å². The van der Waals surface area contributed by atoms with Gasteiger partial charge in [-0.15, -0.1) is 0 Å². The zero-order chi connectivity index (χ0) is 13.1. The number of hydrogen-bond acceptors (Lipinski definition) is 4. The van der Waals surface area contributed by atoms with Crippen molar-refractivity contribution in [2.75, 3.05) is 11.1 Å². The number of benzene rings is 1. The van der Waals surface area contributed by atoms with E-state index in [0.29, 0.717) is 23.5 Å². The highest BCUT2D eigenvalue weighted by Gasteiger charge is 2.05. The first-order valence-corrected chi connectivity index (χ1v) is 5.64. The van der Waals surface area contributed by atoms with E-state index in [-0.39, 0.29) is 5.82 Å². The van der Waals surface area contributed by atoms with Crippen LogP contribution in [0.1, 0.15) is 17.1 Å². The van der Waals surface area contributed by atoms with Gasteiger partial charge in [-0.05, 0) is 37.6 Å². The Morgan fingerprint density at radius 3 is 2.83 bits per heavy atom. The maximum Gasteiger partial charge on any atom is 0.128 e. The predicted molar refractivity (Wildman–Crippen MR) is 69.6 cm³/mol. The number of nitrogens with two attached hydrogens (primary N) is 1. The molecule has 1 heterocycles. The lowest BCUT2D eigenvalue weighted by Crippen LogP contribution is -2.06. The largest absolute Gasteiger partial charge is 0.397 e. The molecular weight excluding hydrogens is 231 g/mol. The fourth-order valence-corrected chi connectivity index (χ4v) is 1.64. The summed E-state index contributed by atoms with van der Waals surface area (Å²) in [5, 5.41) is 3.14. The second-order valence-electron chi connectivity index (χ2n) is 4.14. The molecule has 0 radical (unpaired) electrons. The molecule has 1 aromatic heterocycles. The van der Waals surface area contributed by atoms with Crippen LogP contribution in [0.4, 0.5) is 15.8 Å². The van der Waals surface area contributed by atoms with E-state index in [1.165, 1.54) is 6.07 Å². The average Bonchev–Trinajstić information content (AvgIpc) is 2.32. The molecule has 0 amide bonds. The summed E-state index contributed by atoms with van der Waals surface area (Å²) in [6.45, 7) is 4.06. The van der Waals surface area contributed by atoms with Gasteiger partial charge >= 0.3 is 0 Å². The number of nitrogen functional groups attached to an aromatic ring is 1. The fourth-order valence-electron chi connectivity index (χ4n) is 1.64. The summed E-state index contributed by atoms with van der Waals surface area (Å²) in [6, 6.07) is 4.84. The molecule has 0 atom stereocenters. The van der Waals surface area contributed by atoms with Crippen LogP contribution >= 0.6 is 0 Å². The maximum atomic E-state index is 13.2. The Hall–Kier alpha value is -2.17. The number of hydrogen-bond donors (Lipinski definition) is 2. The lowest BCUT2D eigenvalue weighted by Gasteiger charge is -2.10. The number of nitrogens with one attached hydrogen (secondary N) is 1. The van der Waals surface area contributed by atoms with Crippen LogP contribution in [0, 0.1) is 19.7 Å². The molecule has 0 unspecified atom stereocenters. The molecule has 94 valence electrons. The molecule has 0 fully saturated rings. The van der Waals surface area contributed by atoms with Crippen molar-refractivity contribution < 1.29 is 4.39 Å². The summed E-state index contributed by atoms with van der Waals surface area (Å²) >= 11 is 0. The third-order valence-electron chi connectivity index (χ3n) is 2.62. The van der Waals surface area contributed by atoms with E-state index in [1.807, 2.05) is 13.0 Å². The van der Waals surface area contributed by atoms with Gasteiger partial charge in [0.15, 0.2) is 0 Å². The van der Waals surface area contributed by atoms with Crippen molar-refractivity contribution in [1.29, 1.82) is 0 Å². The van der Waals surface area contributed by atoms with Crippen LogP contribution in [0.15, 0.2) is 24.4 Å². The molecule has 5 heteroatoms. The van der Waals surface area contributed by atoms with E-state index < -0.39 is 0 Å². The van der Waals surface area contributed by atoms with E-state index in [0.717, 1.165) is 11.5 Å². The van der Waals surface area contributed by atoms with E-state index in [2.05, 4.69) is 15.3 Å².